The van der Waals surface area contributed by atoms with E-state index in [9.17, 15) is 4.39 Å². The van der Waals surface area contributed by atoms with Crippen LogP contribution in [0, 0.1) is 5.82 Å². The van der Waals surface area contributed by atoms with E-state index in [1.165, 1.54) is 12.1 Å². The third kappa shape index (κ3) is 3.42. The number of nitrogens with one attached hydrogen (secondary N) is 1. The van der Waals surface area contributed by atoms with E-state index >= 15 is 0 Å². The van der Waals surface area contributed by atoms with Gasteiger partial charge < -0.3 is 10.2 Å². The molecule has 5 heteroatoms. The molecule has 3 nitrogen and oxygen atoms in total. The summed E-state index contributed by atoms with van der Waals surface area (Å²) in [5.41, 5.74) is 1.93. The molecule has 0 saturated carbocycles. The highest BCUT2D eigenvalue weighted by Gasteiger charge is 2.11. The molecule has 1 aliphatic heterocycles. The summed E-state index contributed by atoms with van der Waals surface area (Å²) >= 11 is 1.69. The first-order valence-corrected chi connectivity index (χ1v) is 7.83. The van der Waals surface area contributed by atoms with Gasteiger partial charge in [0.2, 0.25) is 0 Å². The molecule has 0 atom stereocenters. The molecule has 1 aromatic heterocycles. The first kappa shape index (κ1) is 13.7. The first-order chi connectivity index (χ1) is 9.81. The summed E-state index contributed by atoms with van der Waals surface area (Å²) in [6.45, 7) is 5.47. The van der Waals surface area contributed by atoms with Gasteiger partial charge in [0, 0.05) is 50.1 Å². The molecule has 0 amide bonds. The van der Waals surface area contributed by atoms with E-state index in [0.717, 1.165) is 55.4 Å². The number of thiazole rings is 1. The normalized spacial score (nSPS) is 16.4. The van der Waals surface area contributed by atoms with Crippen molar-refractivity contribution in [2.45, 2.75) is 6.42 Å². The summed E-state index contributed by atoms with van der Waals surface area (Å²) in [6.07, 6.45) is 0.992. The third-order valence-corrected chi connectivity index (χ3v) is 4.45. The smallest absolute Gasteiger partial charge is 0.123 e. The lowest BCUT2D eigenvalue weighted by molar-refractivity contribution is 0.244. The highest BCUT2D eigenvalue weighted by Crippen LogP contribution is 2.22. The maximum Gasteiger partial charge on any atom is 0.123 e. The van der Waals surface area contributed by atoms with Crippen molar-refractivity contribution in [2.75, 3.05) is 32.7 Å². The molecule has 0 radical (unpaired) electrons. The standard InChI is InChI=1S/C15H18FN3S/c16-13-3-1-12(2-4-13)14-11-20-15(18-14)5-8-19-9-6-17-7-10-19/h1-4,11,17H,5-10H2. The lowest BCUT2D eigenvalue weighted by Crippen LogP contribution is -2.44. The Kier molecular flexibility index (Phi) is 4.40. The average molecular weight is 291 g/mol. The molecule has 1 N–H and O–H groups in total. The fraction of sp³-hybridized carbons (Fsp3) is 0.400. The van der Waals surface area contributed by atoms with Crippen LogP contribution in [0.25, 0.3) is 11.3 Å². The van der Waals surface area contributed by atoms with Crippen LogP contribution in [0.3, 0.4) is 0 Å². The predicted octanol–water partition coefficient (Wildman–Crippen LogP) is 2.40. The summed E-state index contributed by atoms with van der Waals surface area (Å²) in [7, 11) is 0. The molecule has 0 unspecified atom stereocenters. The van der Waals surface area contributed by atoms with Gasteiger partial charge in [-0.15, -0.1) is 11.3 Å². The summed E-state index contributed by atoms with van der Waals surface area (Å²) in [4.78, 5) is 7.12. The average Bonchev–Trinajstić information content (AvgIpc) is 2.96. The van der Waals surface area contributed by atoms with E-state index < -0.39 is 0 Å². The van der Waals surface area contributed by atoms with Crippen LogP contribution >= 0.6 is 11.3 Å². The van der Waals surface area contributed by atoms with E-state index in [2.05, 4.69) is 20.6 Å². The molecule has 0 bridgehead atoms. The van der Waals surface area contributed by atoms with E-state index in [4.69, 9.17) is 0 Å². The molecule has 1 fully saturated rings. The van der Waals surface area contributed by atoms with Crippen LogP contribution in [0.4, 0.5) is 4.39 Å². The minimum atomic E-state index is -0.206. The van der Waals surface area contributed by atoms with Crippen LogP contribution in [-0.4, -0.2) is 42.6 Å². The molecule has 2 aromatic rings. The van der Waals surface area contributed by atoms with Crippen LogP contribution in [-0.2, 0) is 6.42 Å². The maximum absolute atomic E-state index is 12.9. The monoisotopic (exact) mass is 291 g/mol. The van der Waals surface area contributed by atoms with Crippen molar-refractivity contribution in [3.63, 3.8) is 0 Å². The topological polar surface area (TPSA) is 28.2 Å². The van der Waals surface area contributed by atoms with Crippen molar-refractivity contribution in [1.82, 2.24) is 15.2 Å². The van der Waals surface area contributed by atoms with Gasteiger partial charge in [0.05, 0.1) is 10.7 Å². The Hall–Kier alpha value is -1.30. The zero-order valence-electron chi connectivity index (χ0n) is 11.3. The van der Waals surface area contributed by atoms with Crippen molar-refractivity contribution in [1.29, 1.82) is 0 Å². The van der Waals surface area contributed by atoms with Gasteiger partial charge in [-0.3, -0.25) is 0 Å². The van der Waals surface area contributed by atoms with E-state index in [1.54, 1.807) is 23.5 Å². The number of halogens is 1. The highest BCUT2D eigenvalue weighted by molar-refractivity contribution is 7.09. The maximum atomic E-state index is 12.9. The van der Waals surface area contributed by atoms with Crippen LogP contribution in [0.15, 0.2) is 29.6 Å². The number of rotatable bonds is 4. The Balaban J connectivity index is 1.60. The second kappa shape index (κ2) is 6.43. The van der Waals surface area contributed by atoms with Gasteiger partial charge >= 0.3 is 0 Å². The summed E-state index contributed by atoms with van der Waals surface area (Å²) in [6, 6.07) is 6.53. The Bertz CT molecular complexity index is 547. The molecule has 106 valence electrons. The van der Waals surface area contributed by atoms with Gasteiger partial charge in [-0.05, 0) is 24.3 Å². The first-order valence-electron chi connectivity index (χ1n) is 6.95. The van der Waals surface area contributed by atoms with Crippen LogP contribution in [0.5, 0.6) is 0 Å². The second-order valence-corrected chi connectivity index (χ2v) is 5.92. The van der Waals surface area contributed by atoms with Crippen molar-refractivity contribution in [2.24, 2.45) is 0 Å². The van der Waals surface area contributed by atoms with Gasteiger partial charge in [-0.2, -0.15) is 0 Å². The number of piperazine rings is 1. The quantitative estimate of drug-likeness (QED) is 0.937. The Labute approximate surface area is 122 Å². The van der Waals surface area contributed by atoms with Crippen molar-refractivity contribution in [3.05, 3.63) is 40.5 Å². The van der Waals surface area contributed by atoms with Crippen LogP contribution in [0.1, 0.15) is 5.01 Å². The fourth-order valence-corrected chi connectivity index (χ4v) is 3.16. The number of benzene rings is 1. The number of hydrogen-bond acceptors (Lipinski definition) is 4. The lowest BCUT2D eigenvalue weighted by atomic mass is 10.2. The zero-order chi connectivity index (χ0) is 13.8. The largest absolute Gasteiger partial charge is 0.314 e. The molecule has 1 aliphatic rings. The molecule has 1 aromatic carbocycles. The van der Waals surface area contributed by atoms with Crippen molar-refractivity contribution >= 4 is 11.3 Å². The molecule has 20 heavy (non-hydrogen) atoms. The fourth-order valence-electron chi connectivity index (χ4n) is 2.37. The molecular weight excluding hydrogens is 273 g/mol. The van der Waals surface area contributed by atoms with Gasteiger partial charge in [0.1, 0.15) is 5.82 Å². The van der Waals surface area contributed by atoms with Gasteiger partial charge in [-0.1, -0.05) is 0 Å². The second-order valence-electron chi connectivity index (χ2n) is 4.98. The number of aromatic nitrogens is 1. The molecule has 3 rings (SSSR count). The molecule has 0 spiro atoms. The predicted molar refractivity (Wildman–Crippen MR) is 80.5 cm³/mol. The Morgan fingerprint density at radius 3 is 2.70 bits per heavy atom. The Morgan fingerprint density at radius 2 is 1.95 bits per heavy atom. The number of hydrogen-bond donors (Lipinski definition) is 1. The molecule has 2 heterocycles. The third-order valence-electron chi connectivity index (χ3n) is 3.54. The van der Waals surface area contributed by atoms with Crippen molar-refractivity contribution in [3.8, 4) is 11.3 Å². The van der Waals surface area contributed by atoms with Gasteiger partial charge in [0.15, 0.2) is 0 Å². The van der Waals surface area contributed by atoms with E-state index in [1.807, 2.05) is 0 Å². The minimum Gasteiger partial charge on any atom is -0.314 e. The Morgan fingerprint density at radius 1 is 1.20 bits per heavy atom. The van der Waals surface area contributed by atoms with Gasteiger partial charge in [0.25, 0.3) is 0 Å². The summed E-state index contributed by atoms with van der Waals surface area (Å²) < 4.78 is 12.9. The number of nitrogens with zero attached hydrogens (tertiary/aromatic N) is 2. The summed E-state index contributed by atoms with van der Waals surface area (Å²) in [5, 5.41) is 6.57. The minimum absolute atomic E-state index is 0.206. The van der Waals surface area contributed by atoms with Crippen LogP contribution < -0.4 is 5.32 Å². The summed E-state index contributed by atoms with van der Waals surface area (Å²) in [5.74, 6) is -0.206. The lowest BCUT2D eigenvalue weighted by Gasteiger charge is -2.26. The van der Waals surface area contributed by atoms with Gasteiger partial charge in [-0.25, -0.2) is 9.37 Å². The van der Waals surface area contributed by atoms with Crippen LogP contribution in [0.2, 0.25) is 0 Å². The SMILES string of the molecule is Fc1ccc(-c2csc(CCN3CCNCC3)n2)cc1. The molecule has 0 aliphatic carbocycles. The molecular formula is C15H18FN3S. The van der Waals surface area contributed by atoms with Crippen molar-refractivity contribution < 1.29 is 4.39 Å². The zero-order valence-corrected chi connectivity index (χ0v) is 12.1. The molecule has 1 saturated heterocycles. The van der Waals surface area contributed by atoms with E-state index in [-0.39, 0.29) is 5.82 Å². The highest BCUT2D eigenvalue weighted by atomic mass is 32.1. The van der Waals surface area contributed by atoms with E-state index in [0.29, 0.717) is 0 Å².